The minimum absolute atomic E-state index is 0.719. The molecule has 0 saturated heterocycles. The molecule has 86 valence electrons. The summed E-state index contributed by atoms with van der Waals surface area (Å²) in [5, 5.41) is 4.26. The molecule has 0 aliphatic carbocycles. The van der Waals surface area contributed by atoms with E-state index in [2.05, 4.69) is 43.0 Å². The van der Waals surface area contributed by atoms with Gasteiger partial charge in [0.2, 0.25) is 0 Å². The molecule has 0 atom stereocenters. The van der Waals surface area contributed by atoms with Crippen molar-refractivity contribution in [3.8, 4) is 0 Å². The zero-order chi connectivity index (χ0) is 11.3. The monoisotopic (exact) mass is 227 g/mol. The van der Waals surface area contributed by atoms with Crippen LogP contribution in [0.5, 0.6) is 0 Å². The van der Waals surface area contributed by atoms with Crippen LogP contribution in [0.1, 0.15) is 25.6 Å². The highest BCUT2D eigenvalue weighted by Crippen LogP contribution is 2.19. The Hall–Kier alpha value is -0.610. The first-order valence-electron chi connectivity index (χ1n) is 5.49. The fraction of sp³-hybridized carbons (Fsp3) is 0.727. The number of nitrogens with zero attached hydrogens (tertiary/aromatic N) is 2. The maximum atomic E-state index is 4.32. The Balaban J connectivity index is 2.42. The summed E-state index contributed by atoms with van der Waals surface area (Å²) < 4.78 is 0. The fourth-order valence-electron chi connectivity index (χ4n) is 1.57. The fourth-order valence-corrected chi connectivity index (χ4v) is 2.53. The number of hydrogen-bond acceptors (Lipinski definition) is 4. The lowest BCUT2D eigenvalue weighted by Gasteiger charge is -2.17. The van der Waals surface area contributed by atoms with Gasteiger partial charge in [-0.3, -0.25) is 0 Å². The van der Waals surface area contributed by atoms with E-state index in [1.807, 2.05) is 6.20 Å². The zero-order valence-corrected chi connectivity index (χ0v) is 10.9. The molecule has 0 spiro atoms. The van der Waals surface area contributed by atoms with E-state index < -0.39 is 0 Å². The van der Waals surface area contributed by atoms with Gasteiger partial charge in [-0.15, -0.1) is 11.3 Å². The molecule has 0 saturated carbocycles. The maximum Gasteiger partial charge on any atom is 0.182 e. The van der Waals surface area contributed by atoms with Gasteiger partial charge in [0.25, 0.3) is 0 Å². The van der Waals surface area contributed by atoms with Crippen molar-refractivity contribution in [2.75, 3.05) is 25.5 Å². The van der Waals surface area contributed by atoms with E-state index in [1.165, 1.54) is 4.88 Å². The smallest absolute Gasteiger partial charge is 0.182 e. The third kappa shape index (κ3) is 4.62. The van der Waals surface area contributed by atoms with Gasteiger partial charge < -0.3 is 10.2 Å². The molecular weight excluding hydrogens is 206 g/mol. The average Bonchev–Trinajstić information content (AvgIpc) is 2.51. The number of thiazole rings is 1. The van der Waals surface area contributed by atoms with E-state index in [1.54, 1.807) is 11.3 Å². The van der Waals surface area contributed by atoms with Crippen molar-refractivity contribution in [1.82, 2.24) is 9.88 Å². The van der Waals surface area contributed by atoms with Crippen LogP contribution in [0.15, 0.2) is 6.20 Å². The number of aromatic nitrogens is 1. The van der Waals surface area contributed by atoms with Crippen LogP contribution in [0, 0.1) is 5.92 Å². The summed E-state index contributed by atoms with van der Waals surface area (Å²) in [5.74, 6) is 0.719. The summed E-state index contributed by atoms with van der Waals surface area (Å²) in [6, 6.07) is 0. The van der Waals surface area contributed by atoms with E-state index >= 15 is 0 Å². The quantitative estimate of drug-likeness (QED) is 0.810. The largest absolute Gasteiger partial charge is 0.362 e. The summed E-state index contributed by atoms with van der Waals surface area (Å²) in [5.41, 5.74) is 0. The zero-order valence-electron chi connectivity index (χ0n) is 10.1. The third-order valence-corrected chi connectivity index (χ3v) is 2.92. The molecule has 1 N–H and O–H groups in total. The first kappa shape index (κ1) is 12.5. The summed E-state index contributed by atoms with van der Waals surface area (Å²) in [4.78, 5) is 7.99. The van der Waals surface area contributed by atoms with Gasteiger partial charge in [-0.05, 0) is 19.9 Å². The molecular formula is C11H21N3S. The molecule has 0 aliphatic heterocycles. The van der Waals surface area contributed by atoms with Gasteiger partial charge in [0.15, 0.2) is 5.13 Å². The Morgan fingerprint density at radius 3 is 2.87 bits per heavy atom. The number of nitrogens with one attached hydrogen (secondary N) is 1. The Kier molecular flexibility index (Phi) is 5.05. The molecule has 0 bridgehead atoms. The molecule has 1 rings (SSSR count). The van der Waals surface area contributed by atoms with Crippen molar-refractivity contribution < 1.29 is 0 Å². The van der Waals surface area contributed by atoms with Crippen molar-refractivity contribution in [1.29, 1.82) is 0 Å². The minimum atomic E-state index is 0.719. The lowest BCUT2D eigenvalue weighted by atomic mass is 10.2. The summed E-state index contributed by atoms with van der Waals surface area (Å²) >= 11 is 1.75. The van der Waals surface area contributed by atoms with Crippen LogP contribution in [-0.4, -0.2) is 30.0 Å². The van der Waals surface area contributed by atoms with Crippen molar-refractivity contribution in [3.05, 3.63) is 11.1 Å². The first-order chi connectivity index (χ1) is 7.11. The van der Waals surface area contributed by atoms with Crippen LogP contribution in [0.25, 0.3) is 0 Å². The second kappa shape index (κ2) is 6.08. The lowest BCUT2D eigenvalue weighted by molar-refractivity contribution is 0.290. The number of rotatable bonds is 6. The summed E-state index contributed by atoms with van der Waals surface area (Å²) in [7, 11) is 2.16. The Bertz CT molecular complexity index is 283. The standard InChI is InChI=1S/C11H21N3S/c1-5-12-11-13-6-10(15-11)8-14(4)7-9(2)3/h6,9H,5,7-8H2,1-4H3,(H,12,13). The molecule has 3 nitrogen and oxygen atoms in total. The summed E-state index contributed by atoms with van der Waals surface area (Å²) in [6.07, 6.45) is 1.97. The van der Waals surface area contributed by atoms with Gasteiger partial charge in [0.1, 0.15) is 0 Å². The number of hydrogen-bond donors (Lipinski definition) is 1. The summed E-state index contributed by atoms with van der Waals surface area (Å²) in [6.45, 7) is 9.65. The van der Waals surface area contributed by atoms with Crippen LogP contribution in [-0.2, 0) is 6.54 Å². The van der Waals surface area contributed by atoms with Crippen LogP contribution in [0.3, 0.4) is 0 Å². The highest BCUT2D eigenvalue weighted by atomic mass is 32.1. The third-order valence-electron chi connectivity index (χ3n) is 1.98. The second-order valence-electron chi connectivity index (χ2n) is 4.25. The minimum Gasteiger partial charge on any atom is -0.362 e. The second-order valence-corrected chi connectivity index (χ2v) is 5.37. The van der Waals surface area contributed by atoms with Crippen molar-refractivity contribution in [2.24, 2.45) is 5.92 Å². The van der Waals surface area contributed by atoms with Crippen LogP contribution in [0.4, 0.5) is 5.13 Å². The Labute approximate surface area is 96.5 Å². The lowest BCUT2D eigenvalue weighted by Crippen LogP contribution is -2.22. The van der Waals surface area contributed by atoms with Gasteiger partial charge in [0, 0.05) is 30.7 Å². The molecule has 1 aromatic heterocycles. The molecule has 4 heteroatoms. The Morgan fingerprint density at radius 2 is 2.27 bits per heavy atom. The first-order valence-corrected chi connectivity index (χ1v) is 6.30. The average molecular weight is 227 g/mol. The van der Waals surface area contributed by atoms with E-state index in [9.17, 15) is 0 Å². The molecule has 1 heterocycles. The van der Waals surface area contributed by atoms with Crippen LogP contribution < -0.4 is 5.32 Å². The SMILES string of the molecule is CCNc1ncc(CN(C)CC(C)C)s1. The number of anilines is 1. The normalized spacial score (nSPS) is 11.3. The van der Waals surface area contributed by atoms with Gasteiger partial charge in [-0.2, -0.15) is 0 Å². The highest BCUT2D eigenvalue weighted by Gasteiger charge is 2.06. The van der Waals surface area contributed by atoms with Crippen molar-refractivity contribution in [3.63, 3.8) is 0 Å². The van der Waals surface area contributed by atoms with Gasteiger partial charge in [-0.25, -0.2) is 4.98 Å². The Morgan fingerprint density at radius 1 is 1.53 bits per heavy atom. The molecule has 0 unspecified atom stereocenters. The van der Waals surface area contributed by atoms with E-state index in [0.717, 1.165) is 30.7 Å². The molecule has 1 aromatic rings. The van der Waals surface area contributed by atoms with Gasteiger partial charge >= 0.3 is 0 Å². The predicted octanol–water partition coefficient (Wildman–Crippen LogP) is 2.66. The van der Waals surface area contributed by atoms with E-state index in [0.29, 0.717) is 0 Å². The molecule has 0 aromatic carbocycles. The highest BCUT2D eigenvalue weighted by molar-refractivity contribution is 7.15. The van der Waals surface area contributed by atoms with E-state index in [-0.39, 0.29) is 0 Å². The van der Waals surface area contributed by atoms with Gasteiger partial charge in [-0.1, -0.05) is 13.8 Å². The maximum absolute atomic E-state index is 4.32. The van der Waals surface area contributed by atoms with Gasteiger partial charge in [0.05, 0.1) is 0 Å². The van der Waals surface area contributed by atoms with Crippen LogP contribution >= 0.6 is 11.3 Å². The van der Waals surface area contributed by atoms with Crippen LogP contribution in [0.2, 0.25) is 0 Å². The van der Waals surface area contributed by atoms with E-state index in [4.69, 9.17) is 0 Å². The predicted molar refractivity (Wildman–Crippen MR) is 67.4 cm³/mol. The topological polar surface area (TPSA) is 28.2 Å². The van der Waals surface area contributed by atoms with Crippen molar-refractivity contribution >= 4 is 16.5 Å². The molecule has 0 amide bonds. The molecule has 15 heavy (non-hydrogen) atoms. The molecule has 0 fully saturated rings. The molecule has 0 radical (unpaired) electrons. The molecule has 0 aliphatic rings. The van der Waals surface area contributed by atoms with Crippen molar-refractivity contribution in [2.45, 2.75) is 27.3 Å².